The highest BCUT2D eigenvalue weighted by atomic mass is 16.2. The average molecular weight is 301 g/mol. The SMILES string of the molecule is CC(=O)N[C@@H]1CCN(C(=O)NCc2ccc3nc[nH]c3c2)C1. The Hall–Kier alpha value is -2.57. The second-order valence-electron chi connectivity index (χ2n) is 5.54. The summed E-state index contributed by atoms with van der Waals surface area (Å²) in [6.07, 6.45) is 2.45. The van der Waals surface area contributed by atoms with E-state index in [0.29, 0.717) is 19.6 Å². The van der Waals surface area contributed by atoms with Gasteiger partial charge in [0.15, 0.2) is 0 Å². The Morgan fingerprint density at radius 1 is 1.45 bits per heavy atom. The number of rotatable bonds is 3. The minimum atomic E-state index is -0.0995. The fourth-order valence-electron chi connectivity index (χ4n) is 2.73. The largest absolute Gasteiger partial charge is 0.352 e. The molecular formula is C15H19N5O2. The van der Waals surface area contributed by atoms with Gasteiger partial charge in [0.25, 0.3) is 0 Å². The lowest BCUT2D eigenvalue weighted by Crippen LogP contribution is -2.41. The minimum Gasteiger partial charge on any atom is -0.352 e. The molecule has 2 heterocycles. The molecule has 2 aromatic rings. The van der Waals surface area contributed by atoms with E-state index in [4.69, 9.17) is 0 Å². The smallest absolute Gasteiger partial charge is 0.317 e. The summed E-state index contributed by atoms with van der Waals surface area (Å²) in [4.78, 5) is 32.1. The number of amides is 3. The van der Waals surface area contributed by atoms with Gasteiger partial charge in [-0.15, -0.1) is 0 Å². The van der Waals surface area contributed by atoms with Crippen molar-refractivity contribution in [3.63, 3.8) is 0 Å². The molecule has 1 atom stereocenters. The molecule has 7 heteroatoms. The first-order valence-corrected chi connectivity index (χ1v) is 7.34. The number of aromatic amines is 1. The maximum atomic E-state index is 12.1. The van der Waals surface area contributed by atoms with Crippen LogP contribution in [0.1, 0.15) is 18.9 Å². The number of fused-ring (bicyclic) bond motifs is 1. The van der Waals surface area contributed by atoms with Crippen molar-refractivity contribution in [3.8, 4) is 0 Å². The molecule has 3 N–H and O–H groups in total. The van der Waals surface area contributed by atoms with Crippen molar-refractivity contribution < 1.29 is 9.59 Å². The summed E-state index contributed by atoms with van der Waals surface area (Å²) in [5, 5.41) is 5.76. The predicted molar refractivity (Wildman–Crippen MR) is 82.1 cm³/mol. The number of hydrogen-bond donors (Lipinski definition) is 3. The highest BCUT2D eigenvalue weighted by Crippen LogP contribution is 2.12. The first-order valence-electron chi connectivity index (χ1n) is 7.34. The van der Waals surface area contributed by atoms with E-state index < -0.39 is 0 Å². The quantitative estimate of drug-likeness (QED) is 0.789. The third-order valence-electron chi connectivity index (χ3n) is 3.81. The topological polar surface area (TPSA) is 90.1 Å². The number of likely N-dealkylation sites (tertiary alicyclic amines) is 1. The highest BCUT2D eigenvalue weighted by molar-refractivity contribution is 5.77. The molecule has 0 unspecified atom stereocenters. The number of carbonyl (C=O) groups is 2. The monoisotopic (exact) mass is 301 g/mol. The molecule has 1 fully saturated rings. The van der Waals surface area contributed by atoms with E-state index in [1.165, 1.54) is 6.92 Å². The van der Waals surface area contributed by atoms with Crippen LogP contribution >= 0.6 is 0 Å². The number of H-pyrrole nitrogens is 1. The molecule has 116 valence electrons. The van der Waals surface area contributed by atoms with Gasteiger partial charge < -0.3 is 20.5 Å². The van der Waals surface area contributed by atoms with Crippen LogP contribution in [0.15, 0.2) is 24.5 Å². The lowest BCUT2D eigenvalue weighted by molar-refractivity contribution is -0.119. The van der Waals surface area contributed by atoms with E-state index in [1.54, 1.807) is 11.2 Å². The zero-order chi connectivity index (χ0) is 15.5. The zero-order valence-corrected chi connectivity index (χ0v) is 12.4. The Kier molecular flexibility index (Phi) is 3.95. The number of urea groups is 1. The van der Waals surface area contributed by atoms with Gasteiger partial charge in [0.1, 0.15) is 0 Å². The molecule has 1 aliphatic heterocycles. The van der Waals surface area contributed by atoms with Crippen LogP contribution in [-0.2, 0) is 11.3 Å². The first kappa shape index (κ1) is 14.4. The van der Waals surface area contributed by atoms with Gasteiger partial charge in [-0.25, -0.2) is 9.78 Å². The summed E-state index contributed by atoms with van der Waals surface area (Å²) in [5.41, 5.74) is 2.88. The van der Waals surface area contributed by atoms with Gasteiger partial charge in [-0.2, -0.15) is 0 Å². The number of aromatic nitrogens is 2. The highest BCUT2D eigenvalue weighted by Gasteiger charge is 2.26. The second-order valence-corrected chi connectivity index (χ2v) is 5.54. The molecule has 0 aliphatic carbocycles. The minimum absolute atomic E-state index is 0.0554. The van der Waals surface area contributed by atoms with Gasteiger partial charge in [0.05, 0.1) is 17.4 Å². The normalized spacial score (nSPS) is 17.7. The van der Waals surface area contributed by atoms with Crippen LogP contribution in [0, 0.1) is 0 Å². The Morgan fingerprint density at radius 2 is 2.32 bits per heavy atom. The van der Waals surface area contributed by atoms with Crippen LogP contribution < -0.4 is 10.6 Å². The summed E-state index contributed by atoms with van der Waals surface area (Å²) in [6, 6.07) is 5.82. The van der Waals surface area contributed by atoms with Gasteiger partial charge in [-0.05, 0) is 24.1 Å². The van der Waals surface area contributed by atoms with Gasteiger partial charge in [0.2, 0.25) is 5.91 Å². The van der Waals surface area contributed by atoms with Crippen LogP contribution in [-0.4, -0.2) is 45.9 Å². The molecule has 1 aromatic carbocycles. The molecule has 22 heavy (non-hydrogen) atoms. The molecule has 7 nitrogen and oxygen atoms in total. The van der Waals surface area contributed by atoms with E-state index in [-0.39, 0.29) is 18.0 Å². The standard InChI is InChI=1S/C15H19N5O2/c1-10(21)19-12-4-5-20(8-12)15(22)16-7-11-2-3-13-14(6-11)18-9-17-13/h2-3,6,9,12H,4-5,7-8H2,1H3,(H,16,22)(H,17,18)(H,19,21)/t12-/m1/s1. The number of hydrogen-bond acceptors (Lipinski definition) is 3. The number of carbonyl (C=O) groups excluding carboxylic acids is 2. The second kappa shape index (κ2) is 6.05. The molecule has 0 bridgehead atoms. The summed E-state index contributed by atoms with van der Waals surface area (Å²) in [6.45, 7) is 3.19. The number of nitrogens with zero attached hydrogens (tertiary/aromatic N) is 2. The average Bonchev–Trinajstić information content (AvgIpc) is 3.12. The molecule has 1 aliphatic rings. The molecular weight excluding hydrogens is 282 g/mol. The van der Waals surface area contributed by atoms with Crippen molar-refractivity contribution in [3.05, 3.63) is 30.1 Å². The Bertz CT molecular complexity index is 696. The third-order valence-corrected chi connectivity index (χ3v) is 3.81. The molecule has 3 amide bonds. The van der Waals surface area contributed by atoms with Crippen molar-refractivity contribution in [2.75, 3.05) is 13.1 Å². The van der Waals surface area contributed by atoms with Crippen LogP contribution in [0.4, 0.5) is 4.79 Å². The van der Waals surface area contributed by atoms with E-state index in [1.807, 2.05) is 18.2 Å². The van der Waals surface area contributed by atoms with Crippen molar-refractivity contribution in [1.82, 2.24) is 25.5 Å². The maximum Gasteiger partial charge on any atom is 0.317 e. The summed E-state index contributed by atoms with van der Waals surface area (Å²) >= 11 is 0. The van der Waals surface area contributed by atoms with Gasteiger partial charge in [-0.1, -0.05) is 6.07 Å². The van der Waals surface area contributed by atoms with Crippen molar-refractivity contribution in [1.29, 1.82) is 0 Å². The van der Waals surface area contributed by atoms with Crippen LogP contribution in [0.25, 0.3) is 11.0 Å². The molecule has 0 radical (unpaired) electrons. The van der Waals surface area contributed by atoms with Crippen molar-refractivity contribution >= 4 is 23.0 Å². The van der Waals surface area contributed by atoms with Crippen LogP contribution in [0.5, 0.6) is 0 Å². The maximum absolute atomic E-state index is 12.1. The van der Waals surface area contributed by atoms with E-state index >= 15 is 0 Å². The zero-order valence-electron chi connectivity index (χ0n) is 12.4. The van der Waals surface area contributed by atoms with E-state index in [2.05, 4.69) is 20.6 Å². The Balaban J connectivity index is 1.53. The Labute approximate surface area is 128 Å². The fraction of sp³-hybridized carbons (Fsp3) is 0.400. The number of benzene rings is 1. The molecule has 0 spiro atoms. The number of nitrogens with one attached hydrogen (secondary N) is 3. The Morgan fingerprint density at radius 3 is 3.14 bits per heavy atom. The van der Waals surface area contributed by atoms with E-state index in [0.717, 1.165) is 23.0 Å². The lowest BCUT2D eigenvalue weighted by atomic mass is 10.2. The van der Waals surface area contributed by atoms with Crippen molar-refractivity contribution in [2.24, 2.45) is 0 Å². The third kappa shape index (κ3) is 3.19. The molecule has 0 saturated carbocycles. The molecule has 1 saturated heterocycles. The predicted octanol–water partition coefficient (Wildman–Crippen LogP) is 0.983. The lowest BCUT2D eigenvalue weighted by Gasteiger charge is -2.17. The van der Waals surface area contributed by atoms with Gasteiger partial charge in [0, 0.05) is 32.6 Å². The fourth-order valence-corrected chi connectivity index (χ4v) is 2.73. The number of imidazole rings is 1. The van der Waals surface area contributed by atoms with E-state index in [9.17, 15) is 9.59 Å². The summed E-state index contributed by atoms with van der Waals surface area (Å²) in [5.74, 6) is -0.0554. The summed E-state index contributed by atoms with van der Waals surface area (Å²) < 4.78 is 0. The molecule has 1 aromatic heterocycles. The van der Waals surface area contributed by atoms with Crippen molar-refractivity contribution in [2.45, 2.75) is 25.9 Å². The first-order chi connectivity index (χ1) is 10.6. The van der Waals surface area contributed by atoms with Gasteiger partial charge in [-0.3, -0.25) is 4.79 Å². The summed E-state index contributed by atoms with van der Waals surface area (Å²) in [7, 11) is 0. The molecule has 3 rings (SSSR count). The van der Waals surface area contributed by atoms with Crippen LogP contribution in [0.3, 0.4) is 0 Å². The van der Waals surface area contributed by atoms with Gasteiger partial charge >= 0.3 is 6.03 Å². The van der Waals surface area contributed by atoms with Crippen LogP contribution in [0.2, 0.25) is 0 Å².